The highest BCUT2D eigenvalue weighted by Crippen LogP contribution is 2.33. The van der Waals surface area contributed by atoms with Gasteiger partial charge in [0.1, 0.15) is 6.04 Å². The molecule has 2 fully saturated rings. The second kappa shape index (κ2) is 10.3. The van der Waals surface area contributed by atoms with Crippen LogP contribution in [0, 0.1) is 5.92 Å². The molecule has 36 heavy (non-hydrogen) atoms. The van der Waals surface area contributed by atoms with Crippen molar-refractivity contribution in [1.29, 1.82) is 0 Å². The maximum absolute atomic E-state index is 13.5. The van der Waals surface area contributed by atoms with Gasteiger partial charge in [-0.3, -0.25) is 9.59 Å². The number of fused-ring (bicyclic) bond motifs is 1. The highest BCUT2D eigenvalue weighted by atomic mass is 35.5. The lowest BCUT2D eigenvalue weighted by Gasteiger charge is -2.36. The summed E-state index contributed by atoms with van der Waals surface area (Å²) in [5, 5.41) is 3.42. The third kappa shape index (κ3) is 5.02. The number of ether oxygens (including phenoxy) is 2. The van der Waals surface area contributed by atoms with E-state index in [4.69, 9.17) is 21.1 Å². The molecule has 5 rings (SSSR count). The number of carbonyl (C=O) groups excluding carboxylic acids is 2. The molecule has 3 aliphatic rings. The number of likely N-dealkylation sites (tertiary alicyclic amines) is 1. The van der Waals surface area contributed by atoms with Crippen LogP contribution in [-0.4, -0.2) is 68.5 Å². The number of amides is 2. The standard InChI is InChI=1S/C25H28ClN3O6S/c26-19-4-6-20(7-5-19)36(32,33)29-13-9-17(10-14-29)23(25(31)28-11-1-2-12-28)27-24(30)18-3-8-21-22(15-18)35-16-34-21/h3-8,15,17,23H,1-2,9-14,16H2,(H,27,30). The second-order valence-corrected chi connectivity index (χ2v) is 11.6. The molecular formula is C25H28ClN3O6S. The van der Waals surface area contributed by atoms with Crippen LogP contribution in [0.3, 0.4) is 0 Å². The van der Waals surface area contributed by atoms with Crippen molar-refractivity contribution in [2.75, 3.05) is 33.0 Å². The van der Waals surface area contributed by atoms with E-state index in [0.29, 0.717) is 48.0 Å². The summed E-state index contributed by atoms with van der Waals surface area (Å²) >= 11 is 5.91. The molecule has 2 aromatic rings. The van der Waals surface area contributed by atoms with Gasteiger partial charge in [-0.15, -0.1) is 0 Å². The van der Waals surface area contributed by atoms with Crippen LogP contribution in [0.15, 0.2) is 47.4 Å². The predicted octanol–water partition coefficient (Wildman–Crippen LogP) is 2.89. The minimum atomic E-state index is -3.67. The van der Waals surface area contributed by atoms with Gasteiger partial charge in [0.05, 0.1) is 4.90 Å². The molecule has 0 aliphatic carbocycles. The van der Waals surface area contributed by atoms with Crippen LogP contribution >= 0.6 is 11.6 Å². The minimum absolute atomic E-state index is 0.105. The zero-order valence-corrected chi connectivity index (χ0v) is 21.3. The summed E-state index contributed by atoms with van der Waals surface area (Å²) in [6, 6.07) is 10.3. The molecule has 3 heterocycles. The lowest BCUT2D eigenvalue weighted by atomic mass is 9.89. The van der Waals surface area contributed by atoms with Crippen molar-refractivity contribution in [3.63, 3.8) is 0 Å². The first kappa shape index (κ1) is 24.9. The van der Waals surface area contributed by atoms with Crippen molar-refractivity contribution in [2.24, 2.45) is 5.92 Å². The van der Waals surface area contributed by atoms with Gasteiger partial charge in [-0.25, -0.2) is 8.42 Å². The van der Waals surface area contributed by atoms with Crippen LogP contribution in [0.1, 0.15) is 36.0 Å². The number of hydrogen-bond acceptors (Lipinski definition) is 6. The monoisotopic (exact) mass is 533 g/mol. The van der Waals surface area contributed by atoms with Gasteiger partial charge in [-0.05, 0) is 74.1 Å². The molecule has 1 unspecified atom stereocenters. The lowest BCUT2D eigenvalue weighted by Crippen LogP contribution is -2.54. The minimum Gasteiger partial charge on any atom is -0.454 e. The van der Waals surface area contributed by atoms with Gasteiger partial charge in [0.25, 0.3) is 5.91 Å². The first-order valence-corrected chi connectivity index (χ1v) is 13.9. The average molecular weight is 534 g/mol. The molecule has 0 radical (unpaired) electrons. The Hall–Kier alpha value is -2.82. The van der Waals surface area contributed by atoms with E-state index in [9.17, 15) is 18.0 Å². The third-order valence-electron chi connectivity index (χ3n) is 7.03. The van der Waals surface area contributed by atoms with E-state index in [1.165, 1.54) is 16.4 Å². The molecule has 0 saturated carbocycles. The number of carbonyl (C=O) groups is 2. The first-order chi connectivity index (χ1) is 17.3. The van der Waals surface area contributed by atoms with Gasteiger partial charge < -0.3 is 19.7 Å². The molecule has 192 valence electrons. The third-order valence-corrected chi connectivity index (χ3v) is 9.19. The molecule has 2 amide bonds. The van der Waals surface area contributed by atoms with Crippen molar-refractivity contribution in [2.45, 2.75) is 36.6 Å². The zero-order chi connectivity index (χ0) is 25.3. The van der Waals surface area contributed by atoms with E-state index in [1.54, 1.807) is 35.2 Å². The zero-order valence-electron chi connectivity index (χ0n) is 19.7. The number of hydrogen-bond donors (Lipinski definition) is 1. The largest absolute Gasteiger partial charge is 0.454 e. The molecule has 3 aliphatic heterocycles. The van der Waals surface area contributed by atoms with E-state index >= 15 is 0 Å². The number of halogens is 1. The maximum atomic E-state index is 13.5. The molecule has 2 aromatic carbocycles. The SMILES string of the molecule is O=C(NC(C(=O)N1CCCC1)C1CCN(S(=O)(=O)c2ccc(Cl)cc2)CC1)c1ccc2c(c1)OCO2. The summed E-state index contributed by atoms with van der Waals surface area (Å²) in [6.07, 6.45) is 2.79. The highest BCUT2D eigenvalue weighted by Gasteiger charge is 2.38. The molecule has 1 atom stereocenters. The Morgan fingerprint density at radius 2 is 1.61 bits per heavy atom. The molecule has 2 saturated heterocycles. The van der Waals surface area contributed by atoms with Gasteiger partial charge in [0.2, 0.25) is 22.7 Å². The van der Waals surface area contributed by atoms with Crippen LogP contribution < -0.4 is 14.8 Å². The smallest absolute Gasteiger partial charge is 0.252 e. The summed E-state index contributed by atoms with van der Waals surface area (Å²) in [5.41, 5.74) is 0.376. The fourth-order valence-corrected chi connectivity index (χ4v) is 6.58. The molecule has 11 heteroatoms. The number of rotatable bonds is 6. The number of nitrogens with one attached hydrogen (secondary N) is 1. The summed E-state index contributed by atoms with van der Waals surface area (Å²) < 4.78 is 38.3. The van der Waals surface area contributed by atoms with E-state index < -0.39 is 16.1 Å². The highest BCUT2D eigenvalue weighted by molar-refractivity contribution is 7.89. The topological polar surface area (TPSA) is 105 Å². The van der Waals surface area contributed by atoms with Crippen LogP contribution in [0.4, 0.5) is 0 Å². The quantitative estimate of drug-likeness (QED) is 0.612. The van der Waals surface area contributed by atoms with Crippen LogP contribution in [0.5, 0.6) is 11.5 Å². The fraction of sp³-hybridized carbons (Fsp3) is 0.440. The van der Waals surface area contributed by atoms with Gasteiger partial charge in [-0.1, -0.05) is 11.6 Å². The van der Waals surface area contributed by atoms with Gasteiger partial charge >= 0.3 is 0 Å². The van der Waals surface area contributed by atoms with Gasteiger partial charge in [0.15, 0.2) is 11.5 Å². The Balaban J connectivity index is 1.31. The number of benzene rings is 2. The molecule has 0 aromatic heterocycles. The Bertz CT molecular complexity index is 1240. The molecule has 0 spiro atoms. The summed E-state index contributed by atoms with van der Waals surface area (Å²) in [7, 11) is -3.67. The van der Waals surface area contributed by atoms with Crippen LogP contribution in [-0.2, 0) is 14.8 Å². The lowest BCUT2D eigenvalue weighted by molar-refractivity contribution is -0.133. The summed E-state index contributed by atoms with van der Waals surface area (Å²) in [4.78, 5) is 28.6. The van der Waals surface area contributed by atoms with Crippen LogP contribution in [0.25, 0.3) is 0 Å². The fourth-order valence-electron chi connectivity index (χ4n) is 4.98. The van der Waals surface area contributed by atoms with Crippen LogP contribution in [0.2, 0.25) is 5.02 Å². The Morgan fingerprint density at radius 3 is 2.31 bits per heavy atom. The van der Waals surface area contributed by atoms with Crippen molar-refractivity contribution in [3.05, 3.63) is 53.1 Å². The summed E-state index contributed by atoms with van der Waals surface area (Å²) in [6.45, 7) is 1.96. The van der Waals surface area contributed by atoms with Crippen molar-refractivity contribution < 1.29 is 27.5 Å². The normalized spacial score (nSPS) is 19.3. The number of sulfonamides is 1. The Morgan fingerprint density at radius 1 is 0.944 bits per heavy atom. The first-order valence-electron chi connectivity index (χ1n) is 12.1. The van der Waals surface area contributed by atoms with Crippen molar-refractivity contribution in [3.8, 4) is 11.5 Å². The molecule has 0 bridgehead atoms. The maximum Gasteiger partial charge on any atom is 0.252 e. The average Bonchev–Trinajstić information content (AvgIpc) is 3.59. The Kier molecular flexibility index (Phi) is 7.09. The Labute approximate surface area is 215 Å². The van der Waals surface area contributed by atoms with E-state index in [1.807, 2.05) is 0 Å². The second-order valence-electron chi connectivity index (χ2n) is 9.25. The number of piperidine rings is 1. The van der Waals surface area contributed by atoms with Gasteiger partial charge in [0, 0.05) is 36.8 Å². The van der Waals surface area contributed by atoms with E-state index in [-0.39, 0.29) is 42.5 Å². The molecule has 1 N–H and O–H groups in total. The predicted molar refractivity (Wildman–Crippen MR) is 133 cm³/mol. The van der Waals surface area contributed by atoms with Gasteiger partial charge in [-0.2, -0.15) is 4.31 Å². The number of nitrogens with zero attached hydrogens (tertiary/aromatic N) is 2. The summed E-state index contributed by atoms with van der Waals surface area (Å²) in [5.74, 6) is 0.395. The van der Waals surface area contributed by atoms with Crippen molar-refractivity contribution >= 4 is 33.4 Å². The molecule has 9 nitrogen and oxygen atoms in total. The van der Waals surface area contributed by atoms with E-state index in [2.05, 4.69) is 5.32 Å². The van der Waals surface area contributed by atoms with Crippen molar-refractivity contribution in [1.82, 2.24) is 14.5 Å². The van der Waals surface area contributed by atoms with E-state index in [0.717, 1.165) is 12.8 Å². The molecular weight excluding hydrogens is 506 g/mol.